The molecule has 0 bridgehead atoms. The lowest BCUT2D eigenvalue weighted by atomic mass is 9.99. The van der Waals surface area contributed by atoms with E-state index in [1.165, 1.54) is 27.8 Å². The van der Waals surface area contributed by atoms with Gasteiger partial charge in [-0.2, -0.15) is 0 Å². The minimum atomic E-state index is -0.549. The second-order valence-electron chi connectivity index (χ2n) is 7.06. The molecule has 0 saturated carbocycles. The van der Waals surface area contributed by atoms with E-state index in [0.717, 1.165) is 28.8 Å². The number of carbonyl (C=O) groups excluding carboxylic acids is 1. The molecule has 7 heteroatoms. The smallest absolute Gasteiger partial charge is 0.312 e. The summed E-state index contributed by atoms with van der Waals surface area (Å²) in [4.78, 5) is 30.5. The average Bonchev–Trinajstić information content (AvgIpc) is 3.12. The standard InChI is InChI=1S/C21H21N3O3S/c1-12-14(16-11-24(2)21(27)20(26)23-16)7-5-8-15(12)22-19(25)18-10-13-6-3-4-9-17(13)28-18/h5,7-8,10-11H,3-4,6,9H2,1-2H3,(H,22,25)(H,23,26). The highest BCUT2D eigenvalue weighted by Crippen LogP contribution is 2.31. The van der Waals surface area contributed by atoms with Crippen LogP contribution in [0.25, 0.3) is 11.3 Å². The third kappa shape index (κ3) is 3.33. The predicted octanol–water partition coefficient (Wildman–Crippen LogP) is 3.65. The van der Waals surface area contributed by atoms with Crippen LogP contribution in [0.2, 0.25) is 0 Å². The van der Waals surface area contributed by atoms with Crippen LogP contribution < -0.4 is 10.9 Å². The quantitative estimate of drug-likeness (QED) is 0.709. The molecule has 0 fully saturated rings. The maximum absolute atomic E-state index is 12.8. The first-order valence-electron chi connectivity index (χ1n) is 9.23. The number of carbonyl (C=O) groups is 1. The molecule has 1 aliphatic carbocycles. The molecule has 4 rings (SSSR count). The summed E-state index contributed by atoms with van der Waals surface area (Å²) in [5.41, 5.74) is 3.48. The van der Waals surface area contributed by atoms with Gasteiger partial charge in [0.1, 0.15) is 0 Å². The van der Waals surface area contributed by atoms with E-state index >= 15 is 0 Å². The largest absolute Gasteiger partial charge is 0.489 e. The lowest BCUT2D eigenvalue weighted by Crippen LogP contribution is -2.17. The fraction of sp³-hybridized carbons (Fsp3) is 0.286. The van der Waals surface area contributed by atoms with Crippen molar-refractivity contribution < 1.29 is 9.90 Å². The van der Waals surface area contributed by atoms with Crippen molar-refractivity contribution in [1.82, 2.24) is 9.55 Å². The lowest BCUT2D eigenvalue weighted by molar-refractivity contribution is 0.103. The van der Waals surface area contributed by atoms with Crippen molar-refractivity contribution in [2.24, 2.45) is 7.05 Å². The van der Waals surface area contributed by atoms with E-state index in [2.05, 4.69) is 10.3 Å². The Hall–Kier alpha value is -2.93. The van der Waals surface area contributed by atoms with E-state index < -0.39 is 11.4 Å². The van der Waals surface area contributed by atoms with E-state index in [0.29, 0.717) is 11.4 Å². The van der Waals surface area contributed by atoms with Gasteiger partial charge in [-0.05, 0) is 55.9 Å². The highest BCUT2D eigenvalue weighted by atomic mass is 32.1. The van der Waals surface area contributed by atoms with Crippen molar-refractivity contribution >= 4 is 22.9 Å². The molecular formula is C21H21N3O3S. The van der Waals surface area contributed by atoms with Crippen molar-refractivity contribution in [2.45, 2.75) is 32.6 Å². The number of aryl methyl sites for hydroxylation is 3. The van der Waals surface area contributed by atoms with Crippen LogP contribution in [0.1, 0.15) is 38.5 Å². The van der Waals surface area contributed by atoms with Gasteiger partial charge in [-0.25, -0.2) is 4.98 Å². The Balaban J connectivity index is 1.64. The summed E-state index contributed by atoms with van der Waals surface area (Å²) in [5.74, 6) is -0.658. The summed E-state index contributed by atoms with van der Waals surface area (Å²) in [7, 11) is 1.56. The van der Waals surface area contributed by atoms with Crippen LogP contribution in [0.15, 0.2) is 35.3 Å². The number of hydrogen-bond acceptors (Lipinski definition) is 5. The average molecular weight is 395 g/mol. The van der Waals surface area contributed by atoms with Crippen LogP contribution in [0.5, 0.6) is 5.88 Å². The molecule has 2 heterocycles. The van der Waals surface area contributed by atoms with Crippen molar-refractivity contribution in [1.29, 1.82) is 0 Å². The van der Waals surface area contributed by atoms with E-state index in [1.807, 2.05) is 31.2 Å². The van der Waals surface area contributed by atoms with Crippen molar-refractivity contribution in [3.8, 4) is 17.1 Å². The highest BCUT2D eigenvalue weighted by molar-refractivity contribution is 7.14. The molecular weight excluding hydrogens is 374 g/mol. The maximum Gasteiger partial charge on any atom is 0.312 e. The van der Waals surface area contributed by atoms with Gasteiger partial charge in [0.2, 0.25) is 0 Å². The molecule has 2 N–H and O–H groups in total. The van der Waals surface area contributed by atoms with Crippen LogP contribution in [0, 0.1) is 6.92 Å². The summed E-state index contributed by atoms with van der Waals surface area (Å²) in [6.07, 6.45) is 6.06. The molecule has 0 saturated heterocycles. The molecule has 28 heavy (non-hydrogen) atoms. The summed E-state index contributed by atoms with van der Waals surface area (Å²) >= 11 is 1.58. The Morgan fingerprint density at radius 3 is 2.82 bits per heavy atom. The number of rotatable bonds is 3. The van der Waals surface area contributed by atoms with Crippen molar-refractivity contribution in [3.05, 3.63) is 61.7 Å². The zero-order valence-corrected chi connectivity index (χ0v) is 16.6. The molecule has 0 aliphatic heterocycles. The van der Waals surface area contributed by atoms with Gasteiger partial charge >= 0.3 is 5.56 Å². The van der Waals surface area contributed by atoms with Gasteiger partial charge in [0.25, 0.3) is 11.8 Å². The normalized spacial score (nSPS) is 13.2. The van der Waals surface area contributed by atoms with E-state index in [-0.39, 0.29) is 5.91 Å². The molecule has 144 valence electrons. The van der Waals surface area contributed by atoms with Gasteiger partial charge in [-0.1, -0.05) is 12.1 Å². The van der Waals surface area contributed by atoms with Crippen LogP contribution in [0.4, 0.5) is 5.69 Å². The molecule has 6 nitrogen and oxygen atoms in total. The van der Waals surface area contributed by atoms with Gasteiger partial charge in [0, 0.05) is 29.4 Å². The van der Waals surface area contributed by atoms with Crippen molar-refractivity contribution in [2.75, 3.05) is 5.32 Å². The molecule has 2 aromatic heterocycles. The number of benzene rings is 1. The number of aromatic nitrogens is 2. The zero-order valence-electron chi connectivity index (χ0n) is 15.8. The second kappa shape index (κ2) is 7.24. The third-order valence-electron chi connectivity index (χ3n) is 5.13. The first kappa shape index (κ1) is 18.4. The summed E-state index contributed by atoms with van der Waals surface area (Å²) in [6, 6.07) is 7.52. The molecule has 1 amide bonds. The fourth-order valence-corrected chi connectivity index (χ4v) is 4.70. The van der Waals surface area contributed by atoms with Crippen LogP contribution in [-0.2, 0) is 19.9 Å². The van der Waals surface area contributed by atoms with Crippen LogP contribution in [-0.4, -0.2) is 20.6 Å². The van der Waals surface area contributed by atoms with Crippen LogP contribution in [0.3, 0.4) is 0 Å². The lowest BCUT2D eigenvalue weighted by Gasteiger charge is -2.12. The number of hydrogen-bond donors (Lipinski definition) is 2. The number of anilines is 1. The minimum absolute atomic E-state index is 0.115. The zero-order chi connectivity index (χ0) is 19.8. The number of nitrogens with one attached hydrogen (secondary N) is 1. The number of amides is 1. The Morgan fingerprint density at radius 2 is 2.07 bits per heavy atom. The Bertz CT molecular complexity index is 1080. The summed E-state index contributed by atoms with van der Waals surface area (Å²) in [5, 5.41) is 12.8. The van der Waals surface area contributed by atoms with Gasteiger partial charge in [-0.15, -0.1) is 11.3 Å². The Labute approximate surface area is 166 Å². The number of nitrogens with zero attached hydrogens (tertiary/aromatic N) is 2. The molecule has 0 atom stereocenters. The number of thiophene rings is 1. The monoisotopic (exact) mass is 395 g/mol. The Kier molecular flexibility index (Phi) is 4.77. The molecule has 0 spiro atoms. The minimum Gasteiger partial charge on any atom is -0.489 e. The molecule has 3 aromatic rings. The number of aromatic hydroxyl groups is 1. The molecule has 1 aromatic carbocycles. The van der Waals surface area contributed by atoms with Gasteiger partial charge in [0.05, 0.1) is 10.6 Å². The Morgan fingerprint density at radius 1 is 1.29 bits per heavy atom. The van der Waals surface area contributed by atoms with Gasteiger partial charge < -0.3 is 15.0 Å². The van der Waals surface area contributed by atoms with E-state index in [4.69, 9.17) is 0 Å². The summed E-state index contributed by atoms with van der Waals surface area (Å²) in [6.45, 7) is 1.88. The molecule has 0 unspecified atom stereocenters. The summed E-state index contributed by atoms with van der Waals surface area (Å²) < 4.78 is 1.29. The van der Waals surface area contributed by atoms with Crippen LogP contribution >= 0.6 is 11.3 Å². The first-order valence-corrected chi connectivity index (χ1v) is 10.0. The highest BCUT2D eigenvalue weighted by Gasteiger charge is 2.18. The van der Waals surface area contributed by atoms with Crippen molar-refractivity contribution in [3.63, 3.8) is 0 Å². The first-order chi connectivity index (χ1) is 13.4. The van der Waals surface area contributed by atoms with Gasteiger partial charge in [0.15, 0.2) is 0 Å². The second-order valence-corrected chi connectivity index (χ2v) is 8.20. The SMILES string of the molecule is Cc1c(NC(=O)c2cc3c(s2)CCCC3)cccc1-c1cn(C)c(=O)c(O)n1. The maximum atomic E-state index is 12.8. The molecule has 1 aliphatic rings. The predicted molar refractivity (Wildman–Crippen MR) is 110 cm³/mol. The molecule has 0 radical (unpaired) electrons. The fourth-order valence-electron chi connectivity index (χ4n) is 3.56. The third-order valence-corrected chi connectivity index (χ3v) is 6.37. The number of fused-ring (bicyclic) bond motifs is 1. The van der Waals surface area contributed by atoms with E-state index in [1.54, 1.807) is 24.6 Å². The van der Waals surface area contributed by atoms with Gasteiger partial charge in [-0.3, -0.25) is 9.59 Å². The van der Waals surface area contributed by atoms with E-state index in [9.17, 15) is 14.7 Å². The topological polar surface area (TPSA) is 84.2 Å².